The molecule has 4 heteroatoms. The largest absolute Gasteiger partial charge is 0.469 e. The van der Waals surface area contributed by atoms with Crippen molar-refractivity contribution in [3.63, 3.8) is 0 Å². The van der Waals surface area contributed by atoms with Gasteiger partial charge in [0.1, 0.15) is 0 Å². The van der Waals surface area contributed by atoms with Gasteiger partial charge in [-0.15, -0.1) is 0 Å². The molecule has 1 saturated heterocycles. The van der Waals surface area contributed by atoms with Gasteiger partial charge in [-0.3, -0.25) is 4.79 Å². The number of hydrogen-bond donors (Lipinski definition) is 1. The van der Waals surface area contributed by atoms with Crippen LogP contribution in [-0.2, 0) is 14.3 Å². The Morgan fingerprint density at radius 3 is 2.88 bits per heavy atom. The maximum Gasteiger partial charge on any atom is 0.308 e. The van der Waals surface area contributed by atoms with Crippen LogP contribution in [-0.4, -0.2) is 38.4 Å². The van der Waals surface area contributed by atoms with E-state index in [2.05, 4.69) is 12.2 Å². The lowest BCUT2D eigenvalue weighted by Crippen LogP contribution is -2.35. The molecule has 4 nitrogen and oxygen atoms in total. The third kappa shape index (κ3) is 4.49. The second-order valence-electron chi connectivity index (χ2n) is 4.60. The van der Waals surface area contributed by atoms with Crippen LogP contribution in [0.5, 0.6) is 0 Å². The number of ether oxygens (including phenoxy) is 2. The van der Waals surface area contributed by atoms with Crippen molar-refractivity contribution >= 4 is 5.97 Å². The summed E-state index contributed by atoms with van der Waals surface area (Å²) in [4.78, 5) is 11.2. The summed E-state index contributed by atoms with van der Waals surface area (Å²) in [5.74, 6) is -0.178. The van der Waals surface area contributed by atoms with Gasteiger partial charge in [0, 0.05) is 19.2 Å². The molecule has 0 saturated carbocycles. The molecule has 1 aliphatic heterocycles. The maximum absolute atomic E-state index is 11.2. The van der Waals surface area contributed by atoms with E-state index in [0.29, 0.717) is 12.1 Å². The summed E-state index contributed by atoms with van der Waals surface area (Å²) in [6.45, 7) is 5.76. The van der Waals surface area contributed by atoms with Crippen LogP contribution in [0.25, 0.3) is 0 Å². The van der Waals surface area contributed by atoms with E-state index >= 15 is 0 Å². The molecule has 0 aromatic carbocycles. The first-order valence-electron chi connectivity index (χ1n) is 6.06. The number of methoxy groups -OCH3 is 1. The third-order valence-corrected chi connectivity index (χ3v) is 3.03. The molecule has 0 aromatic rings. The van der Waals surface area contributed by atoms with Crippen molar-refractivity contribution in [2.75, 3.05) is 20.3 Å². The van der Waals surface area contributed by atoms with Crippen LogP contribution in [0.1, 0.15) is 33.1 Å². The topological polar surface area (TPSA) is 47.6 Å². The predicted octanol–water partition coefficient (Wildman–Crippen LogP) is 1.34. The number of carbonyl (C=O) groups is 1. The first-order valence-corrected chi connectivity index (χ1v) is 6.06. The van der Waals surface area contributed by atoms with Crippen molar-refractivity contribution in [1.29, 1.82) is 0 Å². The van der Waals surface area contributed by atoms with Crippen molar-refractivity contribution < 1.29 is 14.3 Å². The number of carbonyl (C=O) groups excluding carboxylic acids is 1. The van der Waals surface area contributed by atoms with Gasteiger partial charge in [-0.2, -0.15) is 0 Å². The van der Waals surface area contributed by atoms with Crippen LogP contribution < -0.4 is 5.32 Å². The van der Waals surface area contributed by atoms with E-state index in [1.165, 1.54) is 13.5 Å². The van der Waals surface area contributed by atoms with E-state index < -0.39 is 0 Å². The van der Waals surface area contributed by atoms with Crippen molar-refractivity contribution in [2.45, 2.75) is 45.3 Å². The average molecular weight is 229 g/mol. The Labute approximate surface area is 97.7 Å². The zero-order chi connectivity index (χ0) is 12.0. The first-order chi connectivity index (χ1) is 7.63. The predicted molar refractivity (Wildman–Crippen MR) is 62.2 cm³/mol. The van der Waals surface area contributed by atoms with Gasteiger partial charge in [0.25, 0.3) is 0 Å². The van der Waals surface area contributed by atoms with Crippen molar-refractivity contribution in [2.24, 2.45) is 5.92 Å². The number of rotatable bonds is 6. The molecule has 1 aliphatic rings. The Kier molecular flexibility index (Phi) is 5.77. The molecule has 0 aromatic heterocycles. The fourth-order valence-corrected chi connectivity index (χ4v) is 2.05. The fourth-order valence-electron chi connectivity index (χ4n) is 2.05. The van der Waals surface area contributed by atoms with E-state index in [1.54, 1.807) is 0 Å². The molecule has 0 radical (unpaired) electrons. The lowest BCUT2D eigenvalue weighted by atomic mass is 10.0. The van der Waals surface area contributed by atoms with Gasteiger partial charge in [-0.25, -0.2) is 0 Å². The Morgan fingerprint density at radius 1 is 1.56 bits per heavy atom. The molecular formula is C12H23NO3. The minimum absolute atomic E-state index is 0.0444. The second-order valence-corrected chi connectivity index (χ2v) is 4.60. The molecule has 0 spiro atoms. The average Bonchev–Trinajstić information content (AvgIpc) is 2.78. The standard InChI is InChI=1S/C12H23NO3/c1-9(12(14)15-3)7-10(2)13-8-11-5-4-6-16-11/h9-11,13H,4-8H2,1-3H3. The molecule has 1 N–H and O–H groups in total. The normalized spacial score (nSPS) is 24.1. The lowest BCUT2D eigenvalue weighted by molar-refractivity contribution is -0.145. The van der Waals surface area contributed by atoms with Crippen LogP contribution in [0, 0.1) is 5.92 Å². The molecule has 0 bridgehead atoms. The molecule has 3 atom stereocenters. The fraction of sp³-hybridized carbons (Fsp3) is 0.917. The summed E-state index contributed by atoms with van der Waals surface area (Å²) in [6, 6.07) is 0.318. The zero-order valence-electron chi connectivity index (χ0n) is 10.5. The molecule has 1 fully saturated rings. The van der Waals surface area contributed by atoms with E-state index in [1.807, 2.05) is 6.92 Å². The Morgan fingerprint density at radius 2 is 2.31 bits per heavy atom. The highest BCUT2D eigenvalue weighted by atomic mass is 16.5. The summed E-state index contributed by atoms with van der Waals surface area (Å²) in [7, 11) is 1.43. The number of esters is 1. The summed E-state index contributed by atoms with van der Waals surface area (Å²) in [5.41, 5.74) is 0. The Bertz CT molecular complexity index is 214. The highest BCUT2D eigenvalue weighted by Crippen LogP contribution is 2.12. The zero-order valence-corrected chi connectivity index (χ0v) is 10.5. The van der Waals surface area contributed by atoms with Gasteiger partial charge in [0.2, 0.25) is 0 Å². The Hall–Kier alpha value is -0.610. The van der Waals surface area contributed by atoms with E-state index in [9.17, 15) is 4.79 Å². The highest BCUT2D eigenvalue weighted by molar-refractivity contribution is 5.71. The third-order valence-electron chi connectivity index (χ3n) is 3.03. The lowest BCUT2D eigenvalue weighted by Gasteiger charge is -2.19. The summed E-state index contributed by atoms with van der Waals surface area (Å²) < 4.78 is 10.2. The van der Waals surface area contributed by atoms with E-state index in [-0.39, 0.29) is 11.9 Å². The molecule has 0 aliphatic carbocycles. The van der Waals surface area contributed by atoms with Crippen molar-refractivity contribution in [3.05, 3.63) is 0 Å². The molecule has 1 rings (SSSR count). The van der Waals surface area contributed by atoms with Gasteiger partial charge in [0.05, 0.1) is 19.1 Å². The SMILES string of the molecule is COC(=O)C(C)CC(C)NCC1CCCO1. The molecule has 16 heavy (non-hydrogen) atoms. The summed E-state index contributed by atoms with van der Waals surface area (Å²) in [6.07, 6.45) is 3.47. The van der Waals surface area contributed by atoms with E-state index in [4.69, 9.17) is 9.47 Å². The Balaban J connectivity index is 2.14. The second kappa shape index (κ2) is 6.86. The van der Waals surface area contributed by atoms with Crippen LogP contribution in [0.15, 0.2) is 0 Å². The molecule has 94 valence electrons. The van der Waals surface area contributed by atoms with Crippen LogP contribution >= 0.6 is 0 Å². The van der Waals surface area contributed by atoms with Gasteiger partial charge in [0.15, 0.2) is 0 Å². The van der Waals surface area contributed by atoms with Crippen molar-refractivity contribution in [1.82, 2.24) is 5.32 Å². The molecule has 3 unspecified atom stereocenters. The minimum atomic E-state index is -0.134. The van der Waals surface area contributed by atoms with Crippen LogP contribution in [0.2, 0.25) is 0 Å². The van der Waals surface area contributed by atoms with Crippen LogP contribution in [0.4, 0.5) is 0 Å². The van der Waals surface area contributed by atoms with Gasteiger partial charge >= 0.3 is 5.97 Å². The summed E-state index contributed by atoms with van der Waals surface area (Å²) in [5, 5.41) is 3.40. The minimum Gasteiger partial charge on any atom is -0.469 e. The number of hydrogen-bond acceptors (Lipinski definition) is 4. The monoisotopic (exact) mass is 229 g/mol. The number of nitrogens with one attached hydrogen (secondary N) is 1. The van der Waals surface area contributed by atoms with Gasteiger partial charge in [-0.1, -0.05) is 6.92 Å². The smallest absolute Gasteiger partial charge is 0.308 e. The molecule has 0 amide bonds. The van der Waals surface area contributed by atoms with Crippen LogP contribution in [0.3, 0.4) is 0 Å². The van der Waals surface area contributed by atoms with Gasteiger partial charge < -0.3 is 14.8 Å². The van der Waals surface area contributed by atoms with Crippen molar-refractivity contribution in [3.8, 4) is 0 Å². The van der Waals surface area contributed by atoms with E-state index in [0.717, 1.165) is 26.0 Å². The molecule has 1 heterocycles. The quantitative estimate of drug-likeness (QED) is 0.698. The highest BCUT2D eigenvalue weighted by Gasteiger charge is 2.19. The first kappa shape index (κ1) is 13.5. The maximum atomic E-state index is 11.2. The molecular weight excluding hydrogens is 206 g/mol. The van der Waals surface area contributed by atoms with Gasteiger partial charge in [-0.05, 0) is 26.2 Å². The summed E-state index contributed by atoms with van der Waals surface area (Å²) >= 11 is 0.